The zero-order valence-electron chi connectivity index (χ0n) is 13.6. The summed E-state index contributed by atoms with van der Waals surface area (Å²) in [5, 5.41) is 0. The topological polar surface area (TPSA) is 45.7 Å². The first kappa shape index (κ1) is 14.9. The summed E-state index contributed by atoms with van der Waals surface area (Å²) in [6.45, 7) is 4.16. The number of fused-ring (bicyclic) bond motifs is 1. The van der Waals surface area contributed by atoms with Gasteiger partial charge in [0, 0.05) is 31.9 Å². The van der Waals surface area contributed by atoms with E-state index in [2.05, 4.69) is 14.8 Å². The maximum Gasteiger partial charge on any atom is 0.255 e. The second kappa shape index (κ2) is 6.48. The molecule has 0 aromatic carbocycles. The van der Waals surface area contributed by atoms with Crippen LogP contribution in [0.3, 0.4) is 0 Å². The minimum atomic E-state index is 0.167. The second-order valence-electron chi connectivity index (χ2n) is 6.90. The zero-order chi connectivity index (χ0) is 15.6. The maximum atomic E-state index is 12.8. The van der Waals surface area contributed by atoms with Crippen LogP contribution in [0, 0.1) is 5.92 Å². The Morgan fingerprint density at radius 3 is 2.70 bits per heavy atom. The predicted octanol–water partition coefficient (Wildman–Crippen LogP) is 2.32. The van der Waals surface area contributed by atoms with Crippen molar-refractivity contribution >= 4 is 11.7 Å². The Morgan fingerprint density at radius 2 is 1.91 bits per heavy atom. The molecule has 0 unspecified atom stereocenters. The van der Waals surface area contributed by atoms with Gasteiger partial charge in [-0.05, 0) is 37.3 Å². The van der Waals surface area contributed by atoms with Gasteiger partial charge in [0.05, 0.1) is 18.8 Å². The molecule has 1 aromatic rings. The number of carbonyl (C=O) groups excluding carboxylic acids is 1. The molecule has 3 aliphatic rings. The summed E-state index contributed by atoms with van der Waals surface area (Å²) in [4.78, 5) is 21.7. The molecular weight excluding hydrogens is 290 g/mol. The molecule has 5 heteroatoms. The van der Waals surface area contributed by atoms with Crippen LogP contribution in [0.1, 0.15) is 42.5 Å². The first-order valence-corrected chi connectivity index (χ1v) is 8.92. The molecule has 2 aliphatic heterocycles. The van der Waals surface area contributed by atoms with E-state index in [-0.39, 0.29) is 5.91 Å². The summed E-state index contributed by atoms with van der Waals surface area (Å²) in [5.41, 5.74) is 0.730. The van der Waals surface area contributed by atoms with Gasteiger partial charge >= 0.3 is 0 Å². The van der Waals surface area contributed by atoms with Gasteiger partial charge in [-0.15, -0.1) is 0 Å². The first-order chi connectivity index (χ1) is 11.3. The van der Waals surface area contributed by atoms with E-state index in [1.54, 1.807) is 6.20 Å². The van der Waals surface area contributed by atoms with Gasteiger partial charge < -0.3 is 14.5 Å². The van der Waals surface area contributed by atoms with Crippen LogP contribution in [0.15, 0.2) is 18.3 Å². The number of rotatable bonds is 2. The van der Waals surface area contributed by atoms with E-state index >= 15 is 0 Å². The monoisotopic (exact) mass is 315 g/mol. The fraction of sp³-hybridized carbons (Fsp3) is 0.667. The Balaban J connectivity index is 1.46. The number of anilines is 1. The van der Waals surface area contributed by atoms with Gasteiger partial charge in [0.2, 0.25) is 0 Å². The van der Waals surface area contributed by atoms with Crippen molar-refractivity contribution in [3.63, 3.8) is 0 Å². The van der Waals surface area contributed by atoms with Crippen LogP contribution in [0.2, 0.25) is 0 Å². The lowest BCUT2D eigenvalue weighted by atomic mass is 9.85. The van der Waals surface area contributed by atoms with E-state index in [4.69, 9.17) is 4.74 Å². The molecule has 1 aliphatic carbocycles. The van der Waals surface area contributed by atoms with E-state index < -0.39 is 0 Å². The molecular formula is C18H25N3O2. The Kier molecular flexibility index (Phi) is 4.21. The number of hydrogen-bond acceptors (Lipinski definition) is 4. The number of carbonyl (C=O) groups is 1. The third-order valence-electron chi connectivity index (χ3n) is 5.60. The van der Waals surface area contributed by atoms with Crippen LogP contribution in [-0.4, -0.2) is 54.7 Å². The smallest absolute Gasteiger partial charge is 0.255 e. The van der Waals surface area contributed by atoms with Crippen molar-refractivity contribution in [2.75, 3.05) is 37.7 Å². The normalized spacial score (nSPS) is 27.8. The summed E-state index contributed by atoms with van der Waals surface area (Å²) in [5.74, 6) is 1.84. The molecule has 1 aromatic heterocycles. The van der Waals surface area contributed by atoms with Crippen molar-refractivity contribution in [1.29, 1.82) is 0 Å². The van der Waals surface area contributed by atoms with Gasteiger partial charge in [0.25, 0.3) is 5.91 Å². The lowest BCUT2D eigenvalue weighted by Crippen LogP contribution is -2.39. The molecule has 0 radical (unpaired) electrons. The van der Waals surface area contributed by atoms with Crippen LogP contribution in [0.25, 0.3) is 0 Å². The van der Waals surface area contributed by atoms with Crippen molar-refractivity contribution in [2.24, 2.45) is 5.92 Å². The molecule has 1 amide bonds. The summed E-state index contributed by atoms with van der Waals surface area (Å²) in [6, 6.07) is 4.39. The number of ether oxygens (including phenoxy) is 1. The second-order valence-corrected chi connectivity index (χ2v) is 6.90. The molecule has 1 saturated carbocycles. The van der Waals surface area contributed by atoms with E-state index in [0.717, 1.165) is 50.1 Å². The molecule has 4 rings (SSSR count). The molecule has 2 atom stereocenters. The molecule has 0 spiro atoms. The quantitative estimate of drug-likeness (QED) is 0.840. The maximum absolute atomic E-state index is 12.8. The highest BCUT2D eigenvalue weighted by molar-refractivity contribution is 5.94. The van der Waals surface area contributed by atoms with Crippen molar-refractivity contribution in [3.8, 4) is 0 Å². The van der Waals surface area contributed by atoms with Crippen LogP contribution >= 0.6 is 0 Å². The summed E-state index contributed by atoms with van der Waals surface area (Å²) >= 11 is 0. The van der Waals surface area contributed by atoms with Gasteiger partial charge in [-0.25, -0.2) is 4.98 Å². The van der Waals surface area contributed by atoms with Gasteiger partial charge in [-0.2, -0.15) is 0 Å². The number of likely N-dealkylation sites (tertiary alicyclic amines) is 1. The van der Waals surface area contributed by atoms with Crippen molar-refractivity contribution in [2.45, 2.75) is 38.1 Å². The van der Waals surface area contributed by atoms with E-state index in [1.807, 2.05) is 12.1 Å². The van der Waals surface area contributed by atoms with Gasteiger partial charge in [-0.3, -0.25) is 4.79 Å². The predicted molar refractivity (Wildman–Crippen MR) is 88.7 cm³/mol. The summed E-state index contributed by atoms with van der Waals surface area (Å²) < 4.78 is 5.37. The molecule has 0 bridgehead atoms. The number of pyridine rings is 1. The van der Waals surface area contributed by atoms with E-state index in [9.17, 15) is 4.79 Å². The van der Waals surface area contributed by atoms with Crippen molar-refractivity contribution in [1.82, 2.24) is 9.88 Å². The number of hydrogen-bond donors (Lipinski definition) is 0. The highest BCUT2D eigenvalue weighted by Gasteiger charge is 2.38. The molecule has 23 heavy (non-hydrogen) atoms. The SMILES string of the molecule is O=C(c1ccc(N2CCOCC2)nc1)N1CC[C@@H]2CCCC[C@@H]21. The summed E-state index contributed by atoms with van der Waals surface area (Å²) in [6.07, 6.45) is 8.00. The minimum Gasteiger partial charge on any atom is -0.378 e. The number of morpholine rings is 1. The average Bonchev–Trinajstić information content (AvgIpc) is 3.06. The molecule has 3 fully saturated rings. The standard InChI is InChI=1S/C18H25N3O2/c22-18(21-8-7-14-3-1-2-4-16(14)21)15-5-6-17(19-13-15)20-9-11-23-12-10-20/h5-6,13-14,16H,1-4,7-12H2/t14-,16-/m0/s1. The highest BCUT2D eigenvalue weighted by atomic mass is 16.5. The fourth-order valence-electron chi connectivity index (χ4n) is 4.32. The van der Waals surface area contributed by atoms with Crippen molar-refractivity contribution in [3.05, 3.63) is 23.9 Å². The van der Waals surface area contributed by atoms with Crippen LogP contribution in [-0.2, 0) is 4.74 Å². The molecule has 5 nitrogen and oxygen atoms in total. The zero-order valence-corrected chi connectivity index (χ0v) is 13.6. The largest absolute Gasteiger partial charge is 0.378 e. The van der Waals surface area contributed by atoms with Crippen LogP contribution in [0.5, 0.6) is 0 Å². The molecule has 124 valence electrons. The number of amides is 1. The Bertz CT molecular complexity index is 554. The average molecular weight is 315 g/mol. The van der Waals surface area contributed by atoms with Gasteiger partial charge in [-0.1, -0.05) is 12.8 Å². The highest BCUT2D eigenvalue weighted by Crippen LogP contribution is 2.36. The Labute approximate surface area is 137 Å². The number of aromatic nitrogens is 1. The van der Waals surface area contributed by atoms with E-state index in [1.165, 1.54) is 32.1 Å². The first-order valence-electron chi connectivity index (χ1n) is 8.92. The minimum absolute atomic E-state index is 0.167. The Hall–Kier alpha value is -1.62. The van der Waals surface area contributed by atoms with Gasteiger partial charge in [0.1, 0.15) is 5.82 Å². The van der Waals surface area contributed by atoms with Crippen LogP contribution in [0.4, 0.5) is 5.82 Å². The van der Waals surface area contributed by atoms with Crippen molar-refractivity contribution < 1.29 is 9.53 Å². The molecule has 3 heterocycles. The summed E-state index contributed by atoms with van der Waals surface area (Å²) in [7, 11) is 0. The number of nitrogens with zero attached hydrogens (tertiary/aromatic N) is 3. The molecule has 2 saturated heterocycles. The van der Waals surface area contributed by atoms with E-state index in [0.29, 0.717) is 6.04 Å². The lowest BCUT2D eigenvalue weighted by molar-refractivity contribution is 0.0689. The molecule has 0 N–H and O–H groups in total. The fourth-order valence-corrected chi connectivity index (χ4v) is 4.32. The lowest BCUT2D eigenvalue weighted by Gasteiger charge is -2.32. The third kappa shape index (κ3) is 2.94. The van der Waals surface area contributed by atoms with Crippen LogP contribution < -0.4 is 4.90 Å². The third-order valence-corrected chi connectivity index (χ3v) is 5.60. The van der Waals surface area contributed by atoms with Gasteiger partial charge in [0.15, 0.2) is 0 Å². The Morgan fingerprint density at radius 1 is 1.09 bits per heavy atom.